The summed E-state index contributed by atoms with van der Waals surface area (Å²) in [6.45, 7) is 16.3. The topological polar surface area (TPSA) is 0 Å². The Kier molecular flexibility index (Phi) is 8.13. The molecule has 0 aliphatic heterocycles. The Morgan fingerprint density at radius 1 is 1.04 bits per heavy atom. The van der Waals surface area contributed by atoms with Crippen molar-refractivity contribution in [3.8, 4) is 10.3 Å². The van der Waals surface area contributed by atoms with Gasteiger partial charge in [0.2, 0.25) is 0 Å². The van der Waals surface area contributed by atoms with Gasteiger partial charge in [-0.05, 0) is 0 Å². The van der Waals surface area contributed by atoms with Crippen molar-refractivity contribution in [1.29, 1.82) is 0 Å². The van der Waals surface area contributed by atoms with Gasteiger partial charge in [-0.25, -0.2) is 0 Å². The van der Waals surface area contributed by atoms with E-state index in [0.29, 0.717) is 0 Å². The van der Waals surface area contributed by atoms with E-state index in [1.54, 1.807) is 0 Å². The van der Waals surface area contributed by atoms with Gasteiger partial charge in [0, 0.05) is 0 Å². The quantitative estimate of drug-likeness (QED) is 0.499. The van der Waals surface area contributed by atoms with Gasteiger partial charge in [0.05, 0.1) is 0 Å². The molecule has 0 saturated carbocycles. The van der Waals surface area contributed by atoms with Gasteiger partial charge in [-0.1, -0.05) is 0 Å². The van der Waals surface area contributed by atoms with Crippen LogP contribution in [0.25, 0.3) is 0 Å². The molecule has 0 aliphatic rings. The zero-order valence-electron chi connectivity index (χ0n) is 16.2. The van der Waals surface area contributed by atoms with E-state index in [-0.39, 0.29) is 9.52 Å². The van der Waals surface area contributed by atoms with E-state index in [4.69, 9.17) is 0 Å². The first-order valence-corrected chi connectivity index (χ1v) is 19.1. The summed E-state index contributed by atoms with van der Waals surface area (Å²) in [7, 11) is -1.86. The predicted octanol–water partition coefficient (Wildman–Crippen LogP) is 3.91. The molecule has 1 rings (SSSR count). The Bertz CT molecular complexity index is 572. The zero-order chi connectivity index (χ0) is 17.5. The molecule has 0 saturated heterocycles. The summed E-state index contributed by atoms with van der Waals surface area (Å²) in [5.41, 5.74) is 7.69. The van der Waals surface area contributed by atoms with E-state index in [1.165, 1.54) is 31.7 Å². The molecule has 0 heterocycles. The fourth-order valence-electron chi connectivity index (χ4n) is 2.76. The number of hydrogen-bond acceptors (Lipinski definition) is 0. The van der Waals surface area contributed by atoms with Gasteiger partial charge in [-0.2, -0.15) is 0 Å². The molecular formula is C20H34GeSi2. The summed E-state index contributed by atoms with van der Waals surface area (Å²) in [6.07, 6.45) is 0. The molecule has 0 aliphatic carbocycles. The summed E-state index contributed by atoms with van der Waals surface area (Å²) in [6, 6.07) is 9.43. The second kappa shape index (κ2) is 9.10. The third kappa shape index (κ3) is 6.13. The van der Waals surface area contributed by atoms with Crippen LogP contribution in [0, 0.1) is 10.3 Å². The van der Waals surface area contributed by atoms with Gasteiger partial charge in [-0.15, -0.1) is 0 Å². The molecular weight excluding hydrogens is 369 g/mol. The fourth-order valence-corrected chi connectivity index (χ4v) is 13.5. The third-order valence-corrected chi connectivity index (χ3v) is 20.0. The molecule has 1 aromatic rings. The SMILES string of the molecule is C[CH2][Ge]([C]#C[Si](C)(C)c1ccc([SiH2]C=C(C)C)cc1)([CH2]C)[CH2]C. The van der Waals surface area contributed by atoms with E-state index >= 15 is 0 Å². The van der Waals surface area contributed by atoms with Crippen LogP contribution in [0.1, 0.15) is 34.6 Å². The van der Waals surface area contributed by atoms with E-state index < -0.39 is 21.3 Å². The van der Waals surface area contributed by atoms with Crippen LogP contribution in [0.15, 0.2) is 35.5 Å². The number of hydrogen-bond donors (Lipinski definition) is 0. The molecule has 0 amide bonds. The van der Waals surface area contributed by atoms with Crippen molar-refractivity contribution in [3.63, 3.8) is 0 Å². The molecule has 0 atom stereocenters. The third-order valence-electron chi connectivity index (χ3n) is 5.09. The van der Waals surface area contributed by atoms with Crippen molar-refractivity contribution >= 4 is 41.2 Å². The monoisotopic (exact) mass is 404 g/mol. The maximum atomic E-state index is 3.87. The van der Waals surface area contributed by atoms with Crippen molar-refractivity contribution in [3.05, 3.63) is 35.5 Å². The van der Waals surface area contributed by atoms with Crippen LogP contribution in [0.3, 0.4) is 0 Å². The van der Waals surface area contributed by atoms with Crippen LogP contribution in [-0.4, -0.2) is 30.9 Å². The Labute approximate surface area is 150 Å². The molecule has 0 fully saturated rings. The van der Waals surface area contributed by atoms with Gasteiger partial charge >= 0.3 is 151 Å². The van der Waals surface area contributed by atoms with Crippen LogP contribution in [0.2, 0.25) is 28.9 Å². The van der Waals surface area contributed by atoms with Crippen LogP contribution >= 0.6 is 0 Å². The van der Waals surface area contributed by atoms with Gasteiger partial charge in [0.15, 0.2) is 0 Å². The first kappa shape index (κ1) is 20.5. The Balaban J connectivity index is 2.99. The summed E-state index contributed by atoms with van der Waals surface area (Å²) < 4.78 is 3.87. The van der Waals surface area contributed by atoms with Gasteiger partial charge in [0.25, 0.3) is 0 Å². The molecule has 0 unspecified atom stereocenters. The Morgan fingerprint density at radius 2 is 1.57 bits per heavy atom. The molecule has 0 spiro atoms. The van der Waals surface area contributed by atoms with Gasteiger partial charge in [0.1, 0.15) is 0 Å². The zero-order valence-corrected chi connectivity index (χ0v) is 20.7. The molecule has 0 N–H and O–H groups in total. The van der Waals surface area contributed by atoms with Crippen LogP contribution < -0.4 is 10.4 Å². The molecule has 0 nitrogen and oxygen atoms in total. The van der Waals surface area contributed by atoms with Crippen molar-refractivity contribution in [2.75, 3.05) is 0 Å². The fraction of sp³-hybridized carbons (Fsp3) is 0.500. The molecule has 0 bridgehead atoms. The summed E-state index contributed by atoms with van der Waals surface area (Å²) in [5.74, 6) is 0. The van der Waals surface area contributed by atoms with Crippen LogP contribution in [0.5, 0.6) is 0 Å². The average molecular weight is 403 g/mol. The molecule has 23 heavy (non-hydrogen) atoms. The number of allylic oxidation sites excluding steroid dienone is 1. The van der Waals surface area contributed by atoms with Crippen LogP contribution in [0.4, 0.5) is 0 Å². The van der Waals surface area contributed by atoms with Crippen molar-refractivity contribution in [1.82, 2.24) is 0 Å². The molecule has 0 radical (unpaired) electrons. The minimum absolute atomic E-state index is 0.237. The molecule has 0 aromatic heterocycles. The first-order chi connectivity index (χ1) is 10.8. The Morgan fingerprint density at radius 3 is 2.00 bits per heavy atom. The number of rotatable bonds is 6. The standard InChI is InChI=1S/C20H34GeSi2/c1-8-21(9-2,10-3)15-16-23(6,7)20-13-11-19(12-14-20)22-17-18(4)5/h11-14,17H,8-10,22H2,1-7H3. The second-order valence-electron chi connectivity index (χ2n) is 7.40. The van der Waals surface area contributed by atoms with E-state index in [0.717, 1.165) is 0 Å². The van der Waals surface area contributed by atoms with Gasteiger partial charge < -0.3 is 0 Å². The van der Waals surface area contributed by atoms with Crippen molar-refractivity contribution in [2.45, 2.75) is 63.5 Å². The Hall–Kier alpha value is -0.503. The van der Waals surface area contributed by atoms with Crippen molar-refractivity contribution < 1.29 is 0 Å². The number of benzene rings is 1. The summed E-state index contributed by atoms with van der Waals surface area (Å²) >= 11 is -1.86. The summed E-state index contributed by atoms with van der Waals surface area (Å²) in [5, 5.41) is 7.07. The molecule has 1 aromatic carbocycles. The predicted molar refractivity (Wildman–Crippen MR) is 116 cm³/mol. The van der Waals surface area contributed by atoms with Crippen LogP contribution in [-0.2, 0) is 0 Å². The molecule has 126 valence electrons. The normalized spacial score (nSPS) is 12.1. The van der Waals surface area contributed by atoms with Crippen molar-refractivity contribution in [2.24, 2.45) is 0 Å². The first-order valence-electron chi connectivity index (χ1n) is 9.05. The summed E-state index contributed by atoms with van der Waals surface area (Å²) in [4.78, 5) is 0. The average Bonchev–Trinajstić information content (AvgIpc) is 2.55. The van der Waals surface area contributed by atoms with E-state index in [2.05, 4.69) is 88.0 Å². The van der Waals surface area contributed by atoms with E-state index in [9.17, 15) is 0 Å². The molecule has 3 heteroatoms. The van der Waals surface area contributed by atoms with E-state index in [1.807, 2.05) is 0 Å². The second-order valence-corrected chi connectivity index (χ2v) is 23.5. The maximum absolute atomic E-state index is 3.87. The minimum atomic E-state index is -1.86. The van der Waals surface area contributed by atoms with Gasteiger partial charge in [-0.3, -0.25) is 0 Å².